The summed E-state index contributed by atoms with van der Waals surface area (Å²) in [5, 5.41) is -0.0976. The van der Waals surface area contributed by atoms with E-state index < -0.39 is 21.8 Å². The van der Waals surface area contributed by atoms with Gasteiger partial charge in [0.2, 0.25) is 0 Å². The van der Waals surface area contributed by atoms with Crippen LogP contribution in [0.3, 0.4) is 0 Å². The third-order valence-corrected chi connectivity index (χ3v) is 6.87. The van der Waals surface area contributed by atoms with Crippen LogP contribution in [0, 0.1) is 6.92 Å². The number of hydrogen-bond donors (Lipinski definition) is 1. The second kappa shape index (κ2) is 7.77. The van der Waals surface area contributed by atoms with Gasteiger partial charge in [-0.15, -0.1) is 0 Å². The second-order valence-electron chi connectivity index (χ2n) is 7.27. The first-order valence-electron chi connectivity index (χ1n) is 9.51. The van der Waals surface area contributed by atoms with E-state index in [1.54, 1.807) is 24.3 Å². The Hall–Kier alpha value is -2.84. The molecule has 0 aliphatic carbocycles. The normalized spacial score (nSPS) is 17.3. The van der Waals surface area contributed by atoms with Gasteiger partial charge in [0.05, 0.1) is 10.6 Å². The number of halogens is 1. The zero-order valence-corrected chi connectivity index (χ0v) is 17.8. The molecule has 4 rings (SSSR count). The number of hydrogen-bond acceptors (Lipinski definition) is 5. The van der Waals surface area contributed by atoms with Gasteiger partial charge >= 0.3 is 0 Å². The number of aryl methyl sites for hydroxylation is 1. The first kappa shape index (κ1) is 20.4. The molecular formula is C21H20ClN3O4S. The van der Waals surface area contributed by atoms with Crippen LogP contribution in [0.1, 0.15) is 18.4 Å². The maximum Gasteiger partial charge on any atom is 0.283 e. The van der Waals surface area contributed by atoms with Crippen LogP contribution in [-0.2, 0) is 19.6 Å². The summed E-state index contributed by atoms with van der Waals surface area (Å²) < 4.78 is 27.8. The van der Waals surface area contributed by atoms with Crippen molar-refractivity contribution in [2.75, 3.05) is 22.7 Å². The van der Waals surface area contributed by atoms with Gasteiger partial charge in [0, 0.05) is 18.8 Å². The standard InChI is InChI=1S/C21H20ClN3O4S/c1-14-4-6-15(7-5-14)23-30(28,29)17-10-8-16(9-11-17)25-20(26)18(22)19(21(25)27)24-12-2-3-13-24/h4-11,23H,2-3,12-13H2,1H3. The molecule has 1 fully saturated rings. The van der Waals surface area contributed by atoms with Crippen molar-refractivity contribution >= 4 is 44.8 Å². The van der Waals surface area contributed by atoms with Crippen molar-refractivity contribution < 1.29 is 18.0 Å². The number of sulfonamides is 1. The number of carbonyl (C=O) groups is 2. The van der Waals surface area contributed by atoms with E-state index in [0.717, 1.165) is 23.3 Å². The summed E-state index contributed by atoms with van der Waals surface area (Å²) >= 11 is 6.17. The van der Waals surface area contributed by atoms with Crippen molar-refractivity contribution in [2.24, 2.45) is 0 Å². The number of benzene rings is 2. The highest BCUT2D eigenvalue weighted by atomic mass is 35.5. The summed E-state index contributed by atoms with van der Waals surface area (Å²) in [5.41, 5.74) is 1.95. The van der Waals surface area contributed by atoms with Crippen LogP contribution in [0.4, 0.5) is 11.4 Å². The minimum Gasteiger partial charge on any atom is -0.366 e. The molecule has 0 bridgehead atoms. The molecule has 9 heteroatoms. The minimum absolute atomic E-state index is 0.0183. The lowest BCUT2D eigenvalue weighted by Gasteiger charge is -2.20. The summed E-state index contributed by atoms with van der Waals surface area (Å²) in [6.45, 7) is 3.27. The molecule has 2 aromatic rings. The lowest BCUT2D eigenvalue weighted by molar-refractivity contribution is -0.121. The Morgan fingerprint density at radius 2 is 1.50 bits per heavy atom. The van der Waals surface area contributed by atoms with Crippen molar-refractivity contribution in [2.45, 2.75) is 24.7 Å². The fourth-order valence-electron chi connectivity index (χ4n) is 3.55. The van der Waals surface area contributed by atoms with Crippen LogP contribution in [0.2, 0.25) is 0 Å². The fourth-order valence-corrected chi connectivity index (χ4v) is 4.89. The van der Waals surface area contributed by atoms with Crippen LogP contribution < -0.4 is 9.62 Å². The molecular weight excluding hydrogens is 426 g/mol. The van der Waals surface area contributed by atoms with Crippen LogP contribution in [-0.4, -0.2) is 38.2 Å². The molecule has 0 saturated carbocycles. The Labute approximate surface area is 180 Å². The molecule has 30 heavy (non-hydrogen) atoms. The van der Waals surface area contributed by atoms with E-state index in [4.69, 9.17) is 11.6 Å². The molecule has 2 amide bonds. The maximum absolute atomic E-state index is 12.9. The van der Waals surface area contributed by atoms with Gasteiger partial charge < -0.3 is 4.90 Å². The highest BCUT2D eigenvalue weighted by Crippen LogP contribution is 2.33. The molecule has 0 radical (unpaired) electrons. The summed E-state index contributed by atoms with van der Waals surface area (Å²) in [6, 6.07) is 12.5. The molecule has 2 aliphatic rings. The highest BCUT2D eigenvalue weighted by molar-refractivity contribution is 7.92. The monoisotopic (exact) mass is 445 g/mol. The van der Waals surface area contributed by atoms with Crippen LogP contribution in [0.25, 0.3) is 0 Å². The summed E-state index contributed by atoms with van der Waals surface area (Å²) in [5.74, 6) is -1.09. The molecule has 0 spiro atoms. The van der Waals surface area contributed by atoms with Gasteiger partial charge in [0.25, 0.3) is 21.8 Å². The number of nitrogens with one attached hydrogen (secondary N) is 1. The average molecular weight is 446 g/mol. The Kier molecular flexibility index (Phi) is 5.29. The molecule has 0 unspecified atom stereocenters. The van der Waals surface area contributed by atoms with Gasteiger partial charge in [-0.3, -0.25) is 14.3 Å². The molecule has 7 nitrogen and oxygen atoms in total. The van der Waals surface area contributed by atoms with E-state index in [-0.39, 0.29) is 21.3 Å². The Morgan fingerprint density at radius 1 is 0.900 bits per heavy atom. The van der Waals surface area contributed by atoms with E-state index in [1.165, 1.54) is 24.3 Å². The van der Waals surface area contributed by atoms with E-state index >= 15 is 0 Å². The molecule has 0 atom stereocenters. The zero-order chi connectivity index (χ0) is 21.5. The minimum atomic E-state index is -3.81. The number of nitrogens with zero attached hydrogens (tertiary/aromatic N) is 2. The number of rotatable bonds is 5. The molecule has 2 aromatic carbocycles. The van der Waals surface area contributed by atoms with Crippen molar-refractivity contribution in [3.8, 4) is 0 Å². The second-order valence-corrected chi connectivity index (χ2v) is 9.33. The summed E-state index contributed by atoms with van der Waals surface area (Å²) in [4.78, 5) is 28.3. The maximum atomic E-state index is 12.9. The quantitative estimate of drug-likeness (QED) is 0.714. The van der Waals surface area contributed by atoms with Gasteiger partial charge in [-0.1, -0.05) is 29.3 Å². The first-order chi connectivity index (χ1) is 14.3. The molecule has 1 saturated heterocycles. The van der Waals surface area contributed by atoms with E-state index in [1.807, 2.05) is 11.8 Å². The van der Waals surface area contributed by atoms with E-state index in [0.29, 0.717) is 18.8 Å². The van der Waals surface area contributed by atoms with Crippen LogP contribution in [0.15, 0.2) is 64.2 Å². The third-order valence-electron chi connectivity index (χ3n) is 5.14. The smallest absolute Gasteiger partial charge is 0.283 e. The van der Waals surface area contributed by atoms with Gasteiger partial charge in [-0.2, -0.15) is 0 Å². The molecule has 2 aliphatic heterocycles. The third kappa shape index (κ3) is 3.68. The predicted molar refractivity (Wildman–Crippen MR) is 115 cm³/mol. The predicted octanol–water partition coefficient (Wildman–Crippen LogP) is 3.22. The van der Waals surface area contributed by atoms with Crippen LogP contribution >= 0.6 is 11.6 Å². The lowest BCUT2D eigenvalue weighted by atomic mass is 10.2. The van der Waals surface area contributed by atoms with Crippen molar-refractivity contribution in [3.05, 3.63) is 64.8 Å². The Bertz CT molecular complexity index is 1140. The van der Waals surface area contributed by atoms with Gasteiger partial charge in [0.1, 0.15) is 10.7 Å². The number of amides is 2. The molecule has 156 valence electrons. The molecule has 0 aromatic heterocycles. The van der Waals surface area contributed by atoms with Crippen molar-refractivity contribution in [1.29, 1.82) is 0 Å². The molecule has 1 N–H and O–H groups in total. The van der Waals surface area contributed by atoms with Crippen molar-refractivity contribution in [3.63, 3.8) is 0 Å². The van der Waals surface area contributed by atoms with Gasteiger partial charge in [-0.05, 0) is 56.2 Å². The first-order valence-corrected chi connectivity index (χ1v) is 11.4. The Balaban J connectivity index is 1.55. The SMILES string of the molecule is Cc1ccc(NS(=O)(=O)c2ccc(N3C(=O)C(Cl)=C(N4CCCC4)C3=O)cc2)cc1. The number of imide groups is 1. The number of anilines is 2. The van der Waals surface area contributed by atoms with Crippen molar-refractivity contribution in [1.82, 2.24) is 4.90 Å². The van der Waals surface area contributed by atoms with Gasteiger partial charge in [-0.25, -0.2) is 13.3 Å². The number of likely N-dealkylation sites (tertiary alicyclic amines) is 1. The zero-order valence-electron chi connectivity index (χ0n) is 16.3. The summed E-state index contributed by atoms with van der Waals surface area (Å²) in [7, 11) is -3.81. The highest BCUT2D eigenvalue weighted by Gasteiger charge is 2.41. The fraction of sp³-hybridized carbons (Fsp3) is 0.238. The topological polar surface area (TPSA) is 86.8 Å². The van der Waals surface area contributed by atoms with E-state index in [9.17, 15) is 18.0 Å². The molecule has 2 heterocycles. The van der Waals surface area contributed by atoms with Gasteiger partial charge in [0.15, 0.2) is 0 Å². The van der Waals surface area contributed by atoms with E-state index in [2.05, 4.69) is 4.72 Å². The largest absolute Gasteiger partial charge is 0.366 e. The lowest BCUT2D eigenvalue weighted by Crippen LogP contribution is -2.34. The number of carbonyl (C=O) groups excluding carboxylic acids is 2. The summed E-state index contributed by atoms with van der Waals surface area (Å²) in [6.07, 6.45) is 1.88. The van der Waals surface area contributed by atoms with Crippen LogP contribution in [0.5, 0.6) is 0 Å². The average Bonchev–Trinajstić information content (AvgIpc) is 3.31. The Morgan fingerprint density at radius 3 is 2.10 bits per heavy atom.